The third kappa shape index (κ3) is 3.05. The van der Waals surface area contributed by atoms with E-state index in [1.807, 2.05) is 30.3 Å². The van der Waals surface area contributed by atoms with Crippen molar-refractivity contribution in [3.05, 3.63) is 30.3 Å². The average molecular weight is 325 g/mol. The van der Waals surface area contributed by atoms with Crippen LogP contribution in [0.1, 0.15) is 38.5 Å². The molecule has 1 saturated carbocycles. The Morgan fingerprint density at radius 1 is 1.08 bits per heavy atom. The SMILES string of the molecule is O=C(Cn1nnc(-c2ccccc2)n1)N1CCC[C@H]2CCCC[C@@H]21. The molecule has 2 atom stereocenters. The van der Waals surface area contributed by atoms with Gasteiger partial charge in [-0.3, -0.25) is 4.79 Å². The second-order valence-electron chi connectivity index (χ2n) is 6.85. The second-order valence-corrected chi connectivity index (χ2v) is 6.85. The van der Waals surface area contributed by atoms with Crippen LogP contribution in [0.3, 0.4) is 0 Å². The normalized spacial score (nSPS) is 23.8. The minimum Gasteiger partial charge on any atom is -0.338 e. The number of benzene rings is 1. The number of rotatable bonds is 3. The van der Waals surface area contributed by atoms with Gasteiger partial charge < -0.3 is 4.90 Å². The topological polar surface area (TPSA) is 63.9 Å². The smallest absolute Gasteiger partial charge is 0.246 e. The van der Waals surface area contributed by atoms with Crippen molar-refractivity contribution in [3.63, 3.8) is 0 Å². The summed E-state index contributed by atoms with van der Waals surface area (Å²) in [7, 11) is 0. The van der Waals surface area contributed by atoms with Crippen LogP contribution in [0, 0.1) is 5.92 Å². The molecular weight excluding hydrogens is 302 g/mol. The predicted molar refractivity (Wildman–Crippen MR) is 89.9 cm³/mol. The van der Waals surface area contributed by atoms with Crippen LogP contribution in [0.25, 0.3) is 11.4 Å². The highest BCUT2D eigenvalue weighted by Crippen LogP contribution is 2.35. The zero-order chi connectivity index (χ0) is 16.4. The molecule has 24 heavy (non-hydrogen) atoms. The fourth-order valence-electron chi connectivity index (χ4n) is 4.16. The summed E-state index contributed by atoms with van der Waals surface area (Å²) in [6, 6.07) is 10.2. The van der Waals surface area contributed by atoms with Gasteiger partial charge in [-0.25, -0.2) is 0 Å². The van der Waals surface area contributed by atoms with Crippen molar-refractivity contribution in [1.29, 1.82) is 0 Å². The van der Waals surface area contributed by atoms with E-state index < -0.39 is 0 Å². The van der Waals surface area contributed by atoms with Crippen molar-refractivity contribution in [1.82, 2.24) is 25.1 Å². The maximum absolute atomic E-state index is 12.8. The number of likely N-dealkylation sites (tertiary alicyclic amines) is 1. The summed E-state index contributed by atoms with van der Waals surface area (Å²) in [5, 5.41) is 12.5. The molecule has 1 aromatic heterocycles. The van der Waals surface area contributed by atoms with Crippen LogP contribution in [0.5, 0.6) is 0 Å². The summed E-state index contributed by atoms with van der Waals surface area (Å²) in [4.78, 5) is 16.3. The third-order valence-electron chi connectivity index (χ3n) is 5.33. The average Bonchev–Trinajstić information content (AvgIpc) is 3.10. The van der Waals surface area contributed by atoms with Gasteiger partial charge in [-0.15, -0.1) is 10.2 Å². The van der Waals surface area contributed by atoms with Crippen LogP contribution in [0.2, 0.25) is 0 Å². The van der Waals surface area contributed by atoms with E-state index in [4.69, 9.17) is 0 Å². The molecule has 2 heterocycles. The van der Waals surface area contributed by atoms with Crippen LogP contribution in [0.4, 0.5) is 0 Å². The fourth-order valence-corrected chi connectivity index (χ4v) is 4.16. The molecule has 0 unspecified atom stereocenters. The number of fused-ring (bicyclic) bond motifs is 1. The first-order valence-corrected chi connectivity index (χ1v) is 8.94. The second kappa shape index (κ2) is 6.71. The molecule has 2 aliphatic rings. The zero-order valence-corrected chi connectivity index (χ0v) is 13.8. The van der Waals surface area contributed by atoms with Gasteiger partial charge in [0.15, 0.2) is 0 Å². The summed E-state index contributed by atoms with van der Waals surface area (Å²) >= 11 is 0. The summed E-state index contributed by atoms with van der Waals surface area (Å²) < 4.78 is 0. The van der Waals surface area contributed by atoms with Crippen molar-refractivity contribution in [3.8, 4) is 11.4 Å². The monoisotopic (exact) mass is 325 g/mol. The van der Waals surface area contributed by atoms with Gasteiger partial charge in [0.25, 0.3) is 0 Å². The van der Waals surface area contributed by atoms with E-state index in [0.29, 0.717) is 17.8 Å². The quantitative estimate of drug-likeness (QED) is 0.870. The number of aromatic nitrogens is 4. The molecule has 2 fully saturated rings. The first kappa shape index (κ1) is 15.3. The Labute approximate surface area is 141 Å². The van der Waals surface area contributed by atoms with Crippen LogP contribution in [-0.2, 0) is 11.3 Å². The number of tetrazole rings is 1. The van der Waals surface area contributed by atoms with Crippen molar-refractivity contribution >= 4 is 5.91 Å². The summed E-state index contributed by atoms with van der Waals surface area (Å²) in [5.74, 6) is 1.39. The highest BCUT2D eigenvalue weighted by molar-refractivity contribution is 5.76. The van der Waals surface area contributed by atoms with Gasteiger partial charge in [-0.2, -0.15) is 4.80 Å². The van der Waals surface area contributed by atoms with Gasteiger partial charge in [0.05, 0.1) is 0 Å². The number of piperidine rings is 1. The Balaban J connectivity index is 1.45. The number of carbonyl (C=O) groups excluding carboxylic acids is 1. The van der Waals surface area contributed by atoms with Gasteiger partial charge >= 0.3 is 0 Å². The number of hydrogen-bond acceptors (Lipinski definition) is 4. The third-order valence-corrected chi connectivity index (χ3v) is 5.33. The molecule has 126 valence electrons. The standard InChI is InChI=1S/C18H23N5O/c24-17(22-12-6-10-14-7-4-5-11-16(14)22)13-23-20-18(19-21-23)15-8-2-1-3-9-15/h1-3,8-9,14,16H,4-7,10-13H2/t14-,16+/m1/s1. The molecule has 1 saturated heterocycles. The Morgan fingerprint density at radius 3 is 2.75 bits per heavy atom. The largest absolute Gasteiger partial charge is 0.338 e. The van der Waals surface area contributed by atoms with Crippen molar-refractivity contribution in [2.45, 2.75) is 51.1 Å². The first-order valence-electron chi connectivity index (χ1n) is 8.94. The summed E-state index contributed by atoms with van der Waals surface area (Å²) in [5.41, 5.74) is 0.918. The van der Waals surface area contributed by atoms with E-state index in [2.05, 4.69) is 20.3 Å². The number of hydrogen-bond donors (Lipinski definition) is 0. The van der Waals surface area contributed by atoms with E-state index in [-0.39, 0.29) is 12.5 Å². The Hall–Kier alpha value is -2.24. The van der Waals surface area contributed by atoms with E-state index in [1.165, 1.54) is 30.5 Å². The van der Waals surface area contributed by atoms with Gasteiger partial charge in [-0.05, 0) is 36.8 Å². The molecule has 0 bridgehead atoms. The summed E-state index contributed by atoms with van der Waals surface area (Å²) in [6.07, 6.45) is 7.37. The van der Waals surface area contributed by atoms with Crippen molar-refractivity contribution in [2.75, 3.05) is 6.54 Å². The number of nitrogens with zero attached hydrogens (tertiary/aromatic N) is 5. The summed E-state index contributed by atoms with van der Waals surface area (Å²) in [6.45, 7) is 1.06. The minimum absolute atomic E-state index is 0.128. The molecule has 6 heteroatoms. The van der Waals surface area contributed by atoms with Gasteiger partial charge in [0.1, 0.15) is 6.54 Å². The van der Waals surface area contributed by atoms with Gasteiger partial charge in [-0.1, -0.05) is 43.2 Å². The highest BCUT2D eigenvalue weighted by atomic mass is 16.2. The number of carbonyl (C=O) groups is 1. The van der Waals surface area contributed by atoms with Gasteiger partial charge in [0.2, 0.25) is 11.7 Å². The lowest BCUT2D eigenvalue weighted by molar-refractivity contribution is -0.138. The molecular formula is C18H23N5O. The van der Waals surface area contributed by atoms with Crippen LogP contribution >= 0.6 is 0 Å². The van der Waals surface area contributed by atoms with Crippen molar-refractivity contribution in [2.24, 2.45) is 5.92 Å². The molecule has 0 N–H and O–H groups in total. The molecule has 1 aliphatic carbocycles. The van der Waals surface area contributed by atoms with Crippen molar-refractivity contribution < 1.29 is 4.79 Å². The molecule has 4 rings (SSSR count). The first-order chi connectivity index (χ1) is 11.8. The lowest BCUT2D eigenvalue weighted by Crippen LogP contribution is -2.50. The Morgan fingerprint density at radius 2 is 1.88 bits per heavy atom. The maximum Gasteiger partial charge on any atom is 0.246 e. The molecule has 0 radical (unpaired) electrons. The van der Waals surface area contributed by atoms with Crippen LogP contribution in [0.15, 0.2) is 30.3 Å². The highest BCUT2D eigenvalue weighted by Gasteiger charge is 2.35. The maximum atomic E-state index is 12.8. The Kier molecular flexibility index (Phi) is 4.28. The number of amides is 1. The lowest BCUT2D eigenvalue weighted by atomic mass is 9.78. The van der Waals surface area contributed by atoms with E-state index >= 15 is 0 Å². The van der Waals surface area contributed by atoms with E-state index in [0.717, 1.165) is 24.9 Å². The fraction of sp³-hybridized carbons (Fsp3) is 0.556. The van der Waals surface area contributed by atoms with E-state index in [1.54, 1.807) is 0 Å². The molecule has 1 aromatic carbocycles. The molecule has 6 nitrogen and oxygen atoms in total. The zero-order valence-electron chi connectivity index (χ0n) is 13.8. The molecule has 0 spiro atoms. The van der Waals surface area contributed by atoms with E-state index in [9.17, 15) is 4.79 Å². The van der Waals surface area contributed by atoms with Crippen LogP contribution in [-0.4, -0.2) is 43.6 Å². The van der Waals surface area contributed by atoms with Crippen LogP contribution < -0.4 is 0 Å². The molecule has 1 amide bonds. The Bertz CT molecular complexity index is 696. The minimum atomic E-state index is 0.128. The molecule has 1 aliphatic heterocycles. The molecule has 2 aromatic rings. The lowest BCUT2D eigenvalue weighted by Gasteiger charge is -2.44. The van der Waals surface area contributed by atoms with Gasteiger partial charge in [0, 0.05) is 18.2 Å². The predicted octanol–water partition coefficient (Wildman–Crippen LogP) is 2.52.